The molecule has 1 heterocycles. The van der Waals surface area contributed by atoms with E-state index in [9.17, 15) is 14.9 Å². The molecule has 1 aliphatic rings. The number of nitro benzene ring substituents is 1. The predicted molar refractivity (Wildman–Crippen MR) is 72.2 cm³/mol. The molecular weight excluding hydrogens is 259 g/mol. The van der Waals surface area contributed by atoms with Crippen molar-refractivity contribution in [2.75, 3.05) is 7.11 Å². The molecule has 0 bridgehead atoms. The van der Waals surface area contributed by atoms with E-state index in [-0.39, 0.29) is 18.8 Å². The molecule has 0 N–H and O–H groups in total. The largest absolute Gasteiger partial charge is 0.469 e. The maximum Gasteiger partial charge on any atom is 0.310 e. The van der Waals surface area contributed by atoms with Gasteiger partial charge in [-0.1, -0.05) is 18.2 Å². The molecule has 1 aromatic rings. The van der Waals surface area contributed by atoms with Crippen LogP contribution in [0.25, 0.3) is 0 Å². The first kappa shape index (κ1) is 14.1. The minimum Gasteiger partial charge on any atom is -0.469 e. The third-order valence-electron chi connectivity index (χ3n) is 3.79. The number of nitrogens with zero attached hydrogens (tertiary/aromatic N) is 2. The maximum atomic E-state index is 12.0. The number of hydrogen-bond donors (Lipinski definition) is 0. The van der Waals surface area contributed by atoms with Gasteiger partial charge in [0.05, 0.1) is 17.4 Å². The van der Waals surface area contributed by atoms with Gasteiger partial charge in [0.15, 0.2) is 0 Å². The van der Waals surface area contributed by atoms with Gasteiger partial charge in [0.25, 0.3) is 12.4 Å². The maximum absolute atomic E-state index is 12.0. The molecule has 0 aliphatic carbocycles. The van der Waals surface area contributed by atoms with E-state index >= 15 is 0 Å². The first-order valence-electron chi connectivity index (χ1n) is 6.23. The molecule has 6 nitrogen and oxygen atoms in total. The highest BCUT2D eigenvalue weighted by Crippen LogP contribution is 2.46. The van der Waals surface area contributed by atoms with Crippen LogP contribution in [0, 0.1) is 26.8 Å². The van der Waals surface area contributed by atoms with E-state index < -0.39 is 16.3 Å². The van der Waals surface area contributed by atoms with E-state index in [4.69, 9.17) is 10.00 Å². The molecule has 1 fully saturated rings. The lowest BCUT2D eigenvalue weighted by atomic mass is 9.26. The number of carbonyl (C=O) groups excluding carboxylic acids is 1. The molecule has 0 amide bonds. The molecule has 1 saturated heterocycles. The fourth-order valence-electron chi connectivity index (χ4n) is 2.78. The molecule has 0 saturated carbocycles. The van der Waals surface area contributed by atoms with Crippen LogP contribution in [0.1, 0.15) is 5.56 Å². The van der Waals surface area contributed by atoms with Gasteiger partial charge in [0, 0.05) is 17.6 Å². The third kappa shape index (κ3) is 2.37. The van der Waals surface area contributed by atoms with Crippen molar-refractivity contribution >= 4 is 18.4 Å². The monoisotopic (exact) mass is 272 g/mol. The summed E-state index contributed by atoms with van der Waals surface area (Å²) in [6.07, 6.45) is 1.01. The Kier molecular flexibility index (Phi) is 3.75. The van der Waals surface area contributed by atoms with Crippen molar-refractivity contribution in [2.24, 2.45) is 5.41 Å². The van der Waals surface area contributed by atoms with E-state index in [0.29, 0.717) is 18.2 Å². The second-order valence-electron chi connectivity index (χ2n) is 5.07. The zero-order valence-corrected chi connectivity index (χ0v) is 11.0. The van der Waals surface area contributed by atoms with Crippen LogP contribution < -0.4 is 0 Å². The van der Waals surface area contributed by atoms with Gasteiger partial charge in [-0.25, -0.2) is 5.26 Å². The summed E-state index contributed by atoms with van der Waals surface area (Å²) in [7, 11) is 1.29. The third-order valence-corrected chi connectivity index (χ3v) is 3.79. The Bertz CT molecular complexity index is 590. The quantitative estimate of drug-likeness (QED) is 0.361. The molecule has 102 valence electrons. The number of rotatable bonds is 4. The molecule has 1 aliphatic heterocycles. The van der Waals surface area contributed by atoms with Crippen molar-refractivity contribution in [3.05, 3.63) is 39.9 Å². The van der Waals surface area contributed by atoms with E-state index in [1.165, 1.54) is 13.2 Å². The van der Waals surface area contributed by atoms with Crippen LogP contribution in [0.4, 0.5) is 5.69 Å². The van der Waals surface area contributed by atoms with E-state index in [1.807, 2.05) is 0 Å². The highest BCUT2D eigenvalue weighted by Gasteiger charge is 2.53. The van der Waals surface area contributed by atoms with Gasteiger partial charge in [-0.05, 0) is 19.1 Å². The number of carbonyl (C=O) groups is 1. The predicted octanol–water partition coefficient (Wildman–Crippen LogP) is 1.87. The summed E-state index contributed by atoms with van der Waals surface area (Å²) in [5.74, 6) is 1.72. The molecule has 20 heavy (non-hydrogen) atoms. The second-order valence-corrected chi connectivity index (χ2v) is 5.07. The van der Waals surface area contributed by atoms with Crippen LogP contribution in [0.3, 0.4) is 0 Å². The molecular formula is C13H13BN2O4. The molecule has 2 rings (SSSR count). The van der Waals surface area contributed by atoms with E-state index in [0.717, 1.165) is 0 Å². The molecule has 0 aromatic heterocycles. The van der Waals surface area contributed by atoms with Crippen molar-refractivity contribution in [3.63, 3.8) is 0 Å². The number of benzene rings is 1. The fraction of sp³-hybridized carbons (Fsp3) is 0.385. The fourth-order valence-corrected chi connectivity index (χ4v) is 2.78. The number of hydrogen-bond acceptors (Lipinski definition) is 5. The summed E-state index contributed by atoms with van der Waals surface area (Å²) in [4.78, 5) is 22.5. The second kappa shape index (κ2) is 5.33. The highest BCUT2D eigenvalue weighted by molar-refractivity contribution is 6.71. The van der Waals surface area contributed by atoms with Crippen LogP contribution in [0.5, 0.6) is 0 Å². The Morgan fingerprint density at radius 3 is 2.75 bits per heavy atom. The number of methoxy groups -OCH3 is 1. The number of nitriles is 1. The van der Waals surface area contributed by atoms with Crippen molar-refractivity contribution in [2.45, 2.75) is 19.1 Å². The average molecular weight is 272 g/mol. The van der Waals surface area contributed by atoms with Crippen molar-refractivity contribution in [1.29, 1.82) is 5.26 Å². The summed E-state index contributed by atoms with van der Waals surface area (Å²) < 4.78 is 4.80. The Morgan fingerprint density at radius 1 is 1.55 bits per heavy atom. The first-order valence-corrected chi connectivity index (χ1v) is 6.23. The molecule has 0 unspecified atom stereocenters. The van der Waals surface area contributed by atoms with Crippen LogP contribution in [-0.4, -0.2) is 24.7 Å². The number of ether oxygens (including phenoxy) is 1. The topological polar surface area (TPSA) is 93.2 Å². The van der Waals surface area contributed by atoms with Gasteiger partial charge in [-0.3, -0.25) is 14.9 Å². The van der Waals surface area contributed by atoms with Gasteiger partial charge >= 0.3 is 5.97 Å². The van der Waals surface area contributed by atoms with Gasteiger partial charge in [-0.2, -0.15) is 0 Å². The van der Waals surface area contributed by atoms with Gasteiger partial charge in [-0.15, -0.1) is 0 Å². The van der Waals surface area contributed by atoms with Crippen molar-refractivity contribution < 1.29 is 14.5 Å². The molecule has 1 aromatic carbocycles. The summed E-state index contributed by atoms with van der Waals surface area (Å²) in [6.45, 7) is -0.183. The molecule has 0 spiro atoms. The normalized spacial score (nSPS) is 15.9. The van der Waals surface area contributed by atoms with Crippen LogP contribution >= 0.6 is 0 Å². The van der Waals surface area contributed by atoms with Gasteiger partial charge in [0.1, 0.15) is 0 Å². The van der Waals surface area contributed by atoms with Gasteiger partial charge in [0.2, 0.25) is 0 Å². The lowest BCUT2D eigenvalue weighted by Crippen LogP contribution is -2.49. The first-order chi connectivity index (χ1) is 9.52. The Morgan fingerprint density at radius 2 is 2.20 bits per heavy atom. The van der Waals surface area contributed by atoms with E-state index in [2.05, 4.69) is 5.97 Å². The number of para-hydroxylation sites is 1. The summed E-state index contributed by atoms with van der Waals surface area (Å²) in [6, 6.07) is 6.35. The Hall–Kier alpha value is -2.36. The van der Waals surface area contributed by atoms with Crippen LogP contribution in [-0.2, 0) is 16.0 Å². The smallest absolute Gasteiger partial charge is 0.310 e. The Balaban J connectivity index is 2.29. The van der Waals surface area contributed by atoms with Gasteiger partial charge < -0.3 is 4.74 Å². The van der Waals surface area contributed by atoms with Crippen LogP contribution in [0.15, 0.2) is 24.3 Å². The Labute approximate surface area is 116 Å². The SMILES string of the molecule is COC(=O)C1(Cc2ccccc2[N+](=O)[O-])CB(C#N)C1. The standard InChI is InChI=1S/C13H13BN2O4/c1-20-12(17)13(7-14(8-13)9-15)6-10-4-2-3-5-11(10)16(18)19/h2-5H,6-8H2,1H3. The summed E-state index contributed by atoms with van der Waals surface area (Å²) >= 11 is 0. The zero-order valence-electron chi connectivity index (χ0n) is 11.0. The van der Waals surface area contributed by atoms with Crippen molar-refractivity contribution in [3.8, 4) is 5.97 Å². The van der Waals surface area contributed by atoms with E-state index in [1.54, 1.807) is 18.2 Å². The van der Waals surface area contributed by atoms with Crippen LogP contribution in [0.2, 0.25) is 12.6 Å². The lowest BCUT2D eigenvalue weighted by Gasteiger charge is -2.40. The van der Waals surface area contributed by atoms with Crippen molar-refractivity contribution in [1.82, 2.24) is 0 Å². The molecule has 0 atom stereocenters. The average Bonchev–Trinajstić information content (AvgIpc) is 2.41. The lowest BCUT2D eigenvalue weighted by molar-refractivity contribution is -0.385. The molecule has 7 heteroatoms. The zero-order chi connectivity index (χ0) is 14.8. The highest BCUT2D eigenvalue weighted by atomic mass is 16.6. The minimum atomic E-state index is -0.804. The molecule has 0 radical (unpaired) electrons. The summed E-state index contributed by atoms with van der Waals surface area (Å²) in [5, 5.41) is 19.9. The minimum absolute atomic E-state index is 0.00353. The summed E-state index contributed by atoms with van der Waals surface area (Å²) in [5.41, 5.74) is -0.308. The number of nitro groups is 1. The number of esters is 1.